The van der Waals surface area contributed by atoms with Crippen molar-refractivity contribution in [2.45, 2.75) is 31.3 Å². The highest BCUT2D eigenvalue weighted by Gasteiger charge is 2.29. The first-order chi connectivity index (χ1) is 16.8. The van der Waals surface area contributed by atoms with Crippen LogP contribution in [0.4, 0.5) is 5.82 Å². The van der Waals surface area contributed by atoms with E-state index in [9.17, 15) is 9.59 Å². The summed E-state index contributed by atoms with van der Waals surface area (Å²) < 4.78 is 12.2. The van der Waals surface area contributed by atoms with E-state index in [0.29, 0.717) is 39.3 Å². The molecule has 35 heavy (non-hydrogen) atoms. The Hall–Kier alpha value is -3.41. The number of aromatic nitrogens is 2. The van der Waals surface area contributed by atoms with Gasteiger partial charge in [0.15, 0.2) is 0 Å². The minimum absolute atomic E-state index is 0.0181. The summed E-state index contributed by atoms with van der Waals surface area (Å²) >= 11 is 13.1. The number of aryl methyl sites for hydroxylation is 1. The van der Waals surface area contributed by atoms with Gasteiger partial charge in [-0.2, -0.15) is 0 Å². The van der Waals surface area contributed by atoms with Crippen molar-refractivity contribution in [3.63, 3.8) is 0 Å². The number of amides is 1. The number of carbonyl (C=O) groups excluding carboxylic acids is 1. The zero-order valence-corrected chi connectivity index (χ0v) is 21.0. The Morgan fingerprint density at radius 2 is 1.80 bits per heavy atom. The van der Waals surface area contributed by atoms with E-state index in [0.717, 1.165) is 19.3 Å². The molecular weight excluding hydrogens is 491 g/mol. The number of nitrogens with one attached hydrogen (secondary N) is 2. The number of terminal acetylenes is 1. The summed E-state index contributed by atoms with van der Waals surface area (Å²) in [6.07, 6.45) is 9.50. The number of hydrogen-bond acceptors (Lipinski definition) is 6. The summed E-state index contributed by atoms with van der Waals surface area (Å²) in [5.41, 5.74) is 0.990. The first-order valence-electron chi connectivity index (χ1n) is 10.9. The van der Waals surface area contributed by atoms with Crippen molar-refractivity contribution in [1.82, 2.24) is 14.9 Å². The fraction of sp³-hybridized carbons (Fsp3) is 0.320. The second kappa shape index (κ2) is 10.1. The highest BCUT2D eigenvalue weighted by Crippen LogP contribution is 2.45. The van der Waals surface area contributed by atoms with Crippen LogP contribution < -0.4 is 25.7 Å². The van der Waals surface area contributed by atoms with Crippen molar-refractivity contribution < 1.29 is 14.3 Å². The van der Waals surface area contributed by atoms with Crippen molar-refractivity contribution in [3.05, 3.63) is 44.8 Å². The Labute approximate surface area is 212 Å². The smallest absolute Gasteiger partial charge is 0.295 e. The normalized spacial score (nSPS) is 17.1. The Morgan fingerprint density at radius 1 is 1.14 bits per heavy atom. The maximum absolute atomic E-state index is 13.4. The van der Waals surface area contributed by atoms with Crippen LogP contribution in [0.2, 0.25) is 10.0 Å². The van der Waals surface area contributed by atoms with E-state index in [1.807, 2.05) is 0 Å². The Kier molecular flexibility index (Phi) is 7.10. The van der Waals surface area contributed by atoms with Crippen molar-refractivity contribution in [2.24, 2.45) is 7.05 Å². The molecule has 2 heterocycles. The largest absolute Gasteiger partial charge is 0.495 e. The number of benzene rings is 1. The molecule has 1 aliphatic rings. The number of rotatable bonds is 6. The van der Waals surface area contributed by atoms with Gasteiger partial charge in [0.25, 0.3) is 11.5 Å². The molecule has 1 aromatic carbocycles. The first kappa shape index (κ1) is 24.7. The van der Waals surface area contributed by atoms with Gasteiger partial charge in [0, 0.05) is 48.4 Å². The first-order valence-corrected chi connectivity index (χ1v) is 11.7. The van der Waals surface area contributed by atoms with E-state index < -0.39 is 5.91 Å². The maximum atomic E-state index is 13.4. The van der Waals surface area contributed by atoms with E-state index in [-0.39, 0.29) is 27.7 Å². The average Bonchev–Trinajstić information content (AvgIpc) is 3.28. The van der Waals surface area contributed by atoms with Crippen LogP contribution in [0.1, 0.15) is 19.3 Å². The lowest BCUT2D eigenvalue weighted by Gasteiger charge is -2.22. The van der Waals surface area contributed by atoms with Gasteiger partial charge in [0.1, 0.15) is 17.3 Å². The lowest BCUT2D eigenvalue weighted by atomic mass is 10.0. The van der Waals surface area contributed by atoms with Gasteiger partial charge in [-0.25, -0.2) is 4.98 Å². The van der Waals surface area contributed by atoms with Gasteiger partial charge in [-0.05, 0) is 31.2 Å². The number of nitrogens with zero attached hydrogens (tertiary/aromatic N) is 2. The topological polar surface area (TPSA) is 94.5 Å². The maximum Gasteiger partial charge on any atom is 0.295 e. The highest BCUT2D eigenvalue weighted by atomic mass is 35.5. The molecule has 0 bridgehead atoms. The van der Waals surface area contributed by atoms with Crippen LogP contribution in [0, 0.1) is 12.3 Å². The molecule has 1 fully saturated rings. The third-order valence-corrected chi connectivity index (χ3v) is 7.00. The van der Waals surface area contributed by atoms with Gasteiger partial charge in [-0.3, -0.25) is 9.59 Å². The summed E-state index contributed by atoms with van der Waals surface area (Å²) in [6, 6.07) is 4.96. The van der Waals surface area contributed by atoms with Crippen molar-refractivity contribution in [3.8, 4) is 35.0 Å². The average molecular weight is 515 g/mol. The van der Waals surface area contributed by atoms with Gasteiger partial charge in [-0.1, -0.05) is 23.2 Å². The summed E-state index contributed by atoms with van der Waals surface area (Å²) in [6.45, 7) is 0. The van der Waals surface area contributed by atoms with Gasteiger partial charge in [-0.15, -0.1) is 6.42 Å². The number of methoxy groups -OCH3 is 2. The van der Waals surface area contributed by atoms with E-state index in [1.54, 1.807) is 31.4 Å². The monoisotopic (exact) mass is 514 g/mol. The standard InChI is InChI=1S/C25H24Cl2N4O4/c1-5-21(32)30-16-8-6-7-15(16)29-20-10-17-13(12-28-20)9-14(25(33)31(17)2)22-23(26)18(34-3)11-19(35-4)24(22)27/h1,9-12,15-16H,6-8H2,2-4H3,(H,28,29)(H,30,32)/t15-,16+/m1/s1. The molecule has 2 N–H and O–H groups in total. The molecule has 182 valence electrons. The second-order valence-electron chi connectivity index (χ2n) is 8.24. The predicted octanol–water partition coefficient (Wildman–Crippen LogP) is 4.01. The zero-order valence-electron chi connectivity index (χ0n) is 19.4. The molecule has 2 atom stereocenters. The minimum Gasteiger partial charge on any atom is -0.495 e. The molecule has 8 nitrogen and oxygen atoms in total. The van der Waals surface area contributed by atoms with Crippen LogP contribution in [0.15, 0.2) is 29.2 Å². The molecule has 1 amide bonds. The summed E-state index contributed by atoms with van der Waals surface area (Å²) in [5, 5.41) is 7.35. The molecule has 0 radical (unpaired) electrons. The highest BCUT2D eigenvalue weighted by molar-refractivity contribution is 6.41. The number of anilines is 1. The van der Waals surface area contributed by atoms with Crippen LogP contribution in [-0.2, 0) is 11.8 Å². The SMILES string of the molecule is C#CC(=O)N[C@H]1CCC[C@H]1Nc1cc2c(cn1)cc(-c1c(Cl)c(OC)cc(OC)c1Cl)c(=O)n2C. The van der Waals surface area contributed by atoms with Crippen LogP contribution in [0.3, 0.4) is 0 Å². The van der Waals surface area contributed by atoms with Crippen molar-refractivity contribution >= 4 is 45.8 Å². The van der Waals surface area contributed by atoms with E-state index >= 15 is 0 Å². The third kappa shape index (κ3) is 4.62. The van der Waals surface area contributed by atoms with Crippen LogP contribution in [-0.4, -0.2) is 41.8 Å². The number of halogens is 2. The van der Waals surface area contributed by atoms with E-state index in [4.69, 9.17) is 39.1 Å². The third-order valence-electron chi connectivity index (χ3n) is 6.25. The van der Waals surface area contributed by atoms with Gasteiger partial charge in [0.05, 0.1) is 35.3 Å². The van der Waals surface area contributed by atoms with E-state index in [1.165, 1.54) is 18.8 Å². The molecule has 10 heteroatoms. The van der Waals surface area contributed by atoms with E-state index in [2.05, 4.69) is 21.5 Å². The predicted molar refractivity (Wildman–Crippen MR) is 138 cm³/mol. The Morgan fingerprint density at radius 3 is 2.43 bits per heavy atom. The van der Waals surface area contributed by atoms with Crippen LogP contribution >= 0.6 is 23.2 Å². The number of fused-ring (bicyclic) bond motifs is 1. The van der Waals surface area contributed by atoms with Crippen molar-refractivity contribution in [1.29, 1.82) is 0 Å². The number of pyridine rings is 2. The number of carbonyl (C=O) groups is 1. The van der Waals surface area contributed by atoms with Gasteiger partial charge < -0.3 is 24.7 Å². The lowest BCUT2D eigenvalue weighted by Crippen LogP contribution is -2.42. The number of hydrogen-bond donors (Lipinski definition) is 2. The fourth-order valence-corrected chi connectivity index (χ4v) is 5.15. The Balaban J connectivity index is 1.75. The summed E-state index contributed by atoms with van der Waals surface area (Å²) in [5.74, 6) is 2.92. The van der Waals surface area contributed by atoms with Gasteiger partial charge in [0.2, 0.25) is 0 Å². The molecule has 1 aliphatic carbocycles. The number of ether oxygens (including phenoxy) is 2. The van der Waals surface area contributed by atoms with Crippen LogP contribution in [0.5, 0.6) is 11.5 Å². The quantitative estimate of drug-likeness (QED) is 0.482. The molecule has 0 unspecified atom stereocenters. The fourth-order valence-electron chi connectivity index (χ4n) is 4.45. The van der Waals surface area contributed by atoms with Crippen LogP contribution in [0.25, 0.3) is 22.0 Å². The molecule has 2 aromatic heterocycles. The molecule has 0 spiro atoms. The Bertz CT molecular complexity index is 1390. The molecule has 0 saturated heterocycles. The second-order valence-corrected chi connectivity index (χ2v) is 9.00. The lowest BCUT2D eigenvalue weighted by molar-refractivity contribution is -0.116. The molecule has 4 rings (SSSR count). The zero-order chi connectivity index (χ0) is 25.3. The minimum atomic E-state index is -0.434. The summed E-state index contributed by atoms with van der Waals surface area (Å²) in [4.78, 5) is 29.6. The molecule has 0 aliphatic heterocycles. The molecular formula is C25H24Cl2N4O4. The van der Waals surface area contributed by atoms with Crippen molar-refractivity contribution in [2.75, 3.05) is 19.5 Å². The molecule has 1 saturated carbocycles. The van der Waals surface area contributed by atoms with Gasteiger partial charge >= 0.3 is 0 Å². The summed E-state index contributed by atoms with van der Waals surface area (Å²) in [7, 11) is 4.62. The molecule has 3 aromatic rings.